The predicted octanol–water partition coefficient (Wildman–Crippen LogP) is 1.49. The van der Waals surface area contributed by atoms with Gasteiger partial charge in [0.15, 0.2) is 0 Å². The molecule has 0 N–H and O–H groups in total. The molecule has 100 valence electrons. The Labute approximate surface area is 114 Å². The van der Waals surface area contributed by atoms with Gasteiger partial charge in [-0.3, -0.25) is 24.3 Å². The number of aliphatic imine (C=N–C) groups is 1. The van der Waals surface area contributed by atoms with Crippen molar-refractivity contribution in [3.05, 3.63) is 22.8 Å². The quantitative estimate of drug-likeness (QED) is 0.576. The molecule has 0 aromatic carbocycles. The number of amides is 2. The van der Waals surface area contributed by atoms with E-state index in [9.17, 15) is 14.4 Å². The minimum absolute atomic E-state index is 0.215. The maximum atomic E-state index is 12.0. The average molecular weight is 280 g/mol. The summed E-state index contributed by atoms with van der Waals surface area (Å²) in [7, 11) is 0. The molecule has 2 aliphatic heterocycles. The average Bonchev–Trinajstić information content (AvgIpc) is 2.95. The summed E-state index contributed by atoms with van der Waals surface area (Å²) in [4.78, 5) is 40.2. The van der Waals surface area contributed by atoms with Gasteiger partial charge in [0, 0.05) is 12.6 Å². The van der Waals surface area contributed by atoms with Crippen LogP contribution in [0.1, 0.15) is 13.3 Å². The number of esters is 1. The molecule has 0 atom stereocenters. The van der Waals surface area contributed by atoms with E-state index in [0.29, 0.717) is 5.70 Å². The van der Waals surface area contributed by atoms with Gasteiger partial charge >= 0.3 is 5.97 Å². The topological polar surface area (TPSA) is 76.0 Å². The summed E-state index contributed by atoms with van der Waals surface area (Å²) in [6, 6.07) is 0. The normalized spacial score (nSPS) is 20.4. The molecule has 0 saturated carbocycles. The van der Waals surface area contributed by atoms with Crippen LogP contribution >= 0.6 is 11.8 Å². The maximum absolute atomic E-state index is 12.0. The molecule has 7 heteroatoms. The smallest absolute Gasteiger partial charge is 0.326 e. The molecule has 2 aliphatic rings. The lowest BCUT2D eigenvalue weighted by Crippen LogP contribution is -2.34. The van der Waals surface area contributed by atoms with E-state index in [1.165, 1.54) is 0 Å². The number of imide groups is 1. The van der Waals surface area contributed by atoms with E-state index < -0.39 is 17.1 Å². The molecule has 0 aliphatic carbocycles. The molecule has 1 saturated heterocycles. The first-order chi connectivity index (χ1) is 9.11. The lowest BCUT2D eigenvalue weighted by atomic mass is 10.3. The van der Waals surface area contributed by atoms with Gasteiger partial charge in [0.05, 0.1) is 17.2 Å². The highest BCUT2D eigenvalue weighted by molar-refractivity contribution is 8.18. The van der Waals surface area contributed by atoms with E-state index in [1.54, 1.807) is 19.2 Å². The third-order valence-corrected chi connectivity index (χ3v) is 3.33. The Morgan fingerprint density at radius 2 is 2.37 bits per heavy atom. The molecule has 0 bridgehead atoms. The van der Waals surface area contributed by atoms with E-state index in [4.69, 9.17) is 4.74 Å². The second kappa shape index (κ2) is 5.83. The van der Waals surface area contributed by atoms with Gasteiger partial charge in [-0.15, -0.1) is 0 Å². The van der Waals surface area contributed by atoms with Crippen molar-refractivity contribution in [1.29, 1.82) is 0 Å². The fourth-order valence-electron chi connectivity index (χ4n) is 1.59. The van der Waals surface area contributed by atoms with Crippen LogP contribution in [0.4, 0.5) is 4.79 Å². The van der Waals surface area contributed by atoms with Gasteiger partial charge in [0.1, 0.15) is 6.54 Å². The first kappa shape index (κ1) is 13.5. The Morgan fingerprint density at radius 3 is 3.00 bits per heavy atom. The van der Waals surface area contributed by atoms with Crippen LogP contribution in [0.5, 0.6) is 0 Å². The highest BCUT2D eigenvalue weighted by atomic mass is 32.2. The van der Waals surface area contributed by atoms with Crippen molar-refractivity contribution in [3.8, 4) is 0 Å². The van der Waals surface area contributed by atoms with Crippen LogP contribution in [0.15, 0.2) is 27.7 Å². The third kappa shape index (κ3) is 3.11. The Hall–Kier alpha value is -1.89. The third-order valence-electron chi connectivity index (χ3n) is 2.42. The van der Waals surface area contributed by atoms with Gasteiger partial charge < -0.3 is 4.74 Å². The Morgan fingerprint density at radius 1 is 1.58 bits per heavy atom. The number of carbonyl (C=O) groups is 3. The van der Waals surface area contributed by atoms with E-state index in [2.05, 4.69) is 4.99 Å². The number of allylic oxidation sites excluding steroid dienone is 2. The zero-order valence-electron chi connectivity index (χ0n) is 10.3. The fraction of sp³-hybridized carbons (Fsp3) is 0.333. The monoisotopic (exact) mass is 280 g/mol. The van der Waals surface area contributed by atoms with Crippen LogP contribution < -0.4 is 0 Å². The highest BCUT2D eigenvalue weighted by Crippen LogP contribution is 2.31. The van der Waals surface area contributed by atoms with E-state index in [-0.39, 0.29) is 18.1 Å². The summed E-state index contributed by atoms with van der Waals surface area (Å²) in [5.41, 5.74) is 0.654. The summed E-state index contributed by atoms with van der Waals surface area (Å²) in [6.07, 6.45) is 5.84. The van der Waals surface area contributed by atoms with E-state index in [1.807, 2.05) is 6.08 Å². The molecule has 6 nitrogen and oxygen atoms in total. The van der Waals surface area contributed by atoms with Gasteiger partial charge in [-0.05, 0) is 24.8 Å². The predicted molar refractivity (Wildman–Crippen MR) is 70.6 cm³/mol. The van der Waals surface area contributed by atoms with Crippen molar-refractivity contribution in [3.63, 3.8) is 0 Å². The van der Waals surface area contributed by atoms with Crippen LogP contribution in [-0.2, 0) is 14.3 Å². The number of rotatable bonds is 4. The molecule has 2 heterocycles. The lowest BCUT2D eigenvalue weighted by molar-refractivity contribution is -0.146. The largest absolute Gasteiger partial charge is 0.465 e. The van der Waals surface area contributed by atoms with Crippen LogP contribution in [-0.4, -0.2) is 41.4 Å². The van der Waals surface area contributed by atoms with E-state index >= 15 is 0 Å². The second-order valence-electron chi connectivity index (χ2n) is 3.75. The zero-order valence-corrected chi connectivity index (χ0v) is 11.1. The van der Waals surface area contributed by atoms with Crippen molar-refractivity contribution in [1.82, 2.24) is 4.90 Å². The van der Waals surface area contributed by atoms with Crippen molar-refractivity contribution < 1.29 is 19.1 Å². The van der Waals surface area contributed by atoms with Crippen LogP contribution in [0, 0.1) is 0 Å². The molecule has 2 amide bonds. The fourth-order valence-corrected chi connectivity index (χ4v) is 2.41. The Kier molecular flexibility index (Phi) is 4.16. The van der Waals surface area contributed by atoms with Crippen molar-refractivity contribution >= 4 is 35.1 Å². The van der Waals surface area contributed by atoms with Crippen LogP contribution in [0.3, 0.4) is 0 Å². The summed E-state index contributed by atoms with van der Waals surface area (Å²) in [6.45, 7) is 1.53. The minimum atomic E-state index is -0.593. The van der Waals surface area contributed by atoms with Crippen molar-refractivity contribution in [2.75, 3.05) is 13.2 Å². The van der Waals surface area contributed by atoms with Crippen molar-refractivity contribution in [2.45, 2.75) is 13.3 Å². The summed E-state index contributed by atoms with van der Waals surface area (Å²) >= 11 is 0.805. The molecule has 1 fully saturated rings. The number of ether oxygens (including phenoxy) is 1. The number of nitrogens with zero attached hydrogens (tertiary/aromatic N) is 2. The molecule has 0 spiro atoms. The molecule has 0 aromatic rings. The number of hydrogen-bond acceptors (Lipinski definition) is 6. The maximum Gasteiger partial charge on any atom is 0.326 e. The van der Waals surface area contributed by atoms with Gasteiger partial charge in [-0.25, -0.2) is 0 Å². The Bertz CT molecular complexity index is 522. The molecule has 0 unspecified atom stereocenters. The zero-order chi connectivity index (χ0) is 13.8. The summed E-state index contributed by atoms with van der Waals surface area (Å²) in [5.74, 6) is -1.07. The van der Waals surface area contributed by atoms with Gasteiger partial charge in [-0.2, -0.15) is 0 Å². The Balaban J connectivity index is 2.08. The van der Waals surface area contributed by atoms with Gasteiger partial charge in [0.2, 0.25) is 0 Å². The summed E-state index contributed by atoms with van der Waals surface area (Å²) < 4.78 is 4.72. The number of thioether (sulfide) groups is 1. The van der Waals surface area contributed by atoms with E-state index in [0.717, 1.165) is 23.1 Å². The molecular weight excluding hydrogens is 268 g/mol. The van der Waals surface area contributed by atoms with Gasteiger partial charge in [0.25, 0.3) is 11.1 Å². The molecular formula is C12H12N2O4S. The number of hydrogen-bond donors (Lipinski definition) is 0. The van der Waals surface area contributed by atoms with Crippen LogP contribution in [0.25, 0.3) is 0 Å². The van der Waals surface area contributed by atoms with Gasteiger partial charge in [-0.1, -0.05) is 6.08 Å². The highest BCUT2D eigenvalue weighted by Gasteiger charge is 2.36. The number of carbonyl (C=O) groups excluding carboxylic acids is 3. The SMILES string of the molecule is CCOC(=O)CN1C(=O)S/C(=C\C2=CCC=N2)C1=O. The molecule has 2 rings (SSSR count). The minimum Gasteiger partial charge on any atom is -0.465 e. The lowest BCUT2D eigenvalue weighted by Gasteiger charge is -2.10. The molecule has 19 heavy (non-hydrogen) atoms. The first-order valence-corrected chi connectivity index (χ1v) is 6.57. The summed E-state index contributed by atoms with van der Waals surface area (Å²) in [5, 5.41) is -0.466. The standard InChI is InChI=1S/C12H12N2O4S/c1-2-18-10(15)7-14-11(16)9(19-12(14)17)6-8-4-3-5-13-8/h4-6H,2-3,7H2,1H3/b9-6-. The van der Waals surface area contributed by atoms with Crippen molar-refractivity contribution in [2.24, 2.45) is 4.99 Å². The first-order valence-electron chi connectivity index (χ1n) is 5.75. The second-order valence-corrected chi connectivity index (χ2v) is 4.74. The molecule has 0 aromatic heterocycles. The molecule has 0 radical (unpaired) electrons. The van der Waals surface area contributed by atoms with Crippen LogP contribution in [0.2, 0.25) is 0 Å².